The maximum absolute atomic E-state index is 13.0. The van der Waals surface area contributed by atoms with Crippen molar-refractivity contribution < 1.29 is 23.4 Å². The molecule has 0 spiro atoms. The fourth-order valence-electron chi connectivity index (χ4n) is 3.35. The number of fused-ring (bicyclic) bond motifs is 1. The zero-order valence-electron chi connectivity index (χ0n) is 15.3. The zero-order valence-corrected chi connectivity index (χ0v) is 16.2. The normalized spacial score (nSPS) is 11.6. The predicted molar refractivity (Wildman–Crippen MR) is 109 cm³/mol. The Kier molecular flexibility index (Phi) is 5.99. The van der Waals surface area contributed by atoms with Crippen molar-refractivity contribution in [2.45, 2.75) is 30.6 Å². The van der Waals surface area contributed by atoms with Gasteiger partial charge in [-0.15, -0.1) is 0 Å². The third-order valence-electron chi connectivity index (χ3n) is 4.70. The molecule has 3 rings (SSSR count). The number of carbonyl (C=O) groups is 1. The standard InChI is InChI=1S/C22H22O5S/c23-19-12-7-13-20(28(26,27)15-5-1-2-14-21(24)25)22(19)18-11-6-9-16-8-3-4-10-17(16)18/h3-4,6-13,23H,1-2,5,14-15H2,(H,24,25). The van der Waals surface area contributed by atoms with Crippen LogP contribution in [0.2, 0.25) is 0 Å². The van der Waals surface area contributed by atoms with Crippen LogP contribution >= 0.6 is 0 Å². The lowest BCUT2D eigenvalue weighted by molar-refractivity contribution is -0.137. The maximum atomic E-state index is 13.0. The van der Waals surface area contributed by atoms with Crippen LogP contribution in [0.4, 0.5) is 0 Å². The molecule has 0 heterocycles. The van der Waals surface area contributed by atoms with Crippen LogP contribution in [0.3, 0.4) is 0 Å². The lowest BCUT2D eigenvalue weighted by atomic mass is 9.97. The number of rotatable bonds is 8. The van der Waals surface area contributed by atoms with E-state index < -0.39 is 15.8 Å². The second kappa shape index (κ2) is 8.44. The SMILES string of the molecule is O=C(O)CCCCCS(=O)(=O)c1cccc(O)c1-c1cccc2ccccc12. The molecule has 0 saturated heterocycles. The number of phenolic OH excluding ortho intramolecular Hbond substituents is 1. The molecule has 0 unspecified atom stereocenters. The summed E-state index contributed by atoms with van der Waals surface area (Å²) < 4.78 is 26.0. The molecule has 0 amide bonds. The average Bonchev–Trinajstić information content (AvgIpc) is 2.67. The molecule has 0 aliphatic rings. The Hall–Kier alpha value is -2.86. The van der Waals surface area contributed by atoms with E-state index in [-0.39, 0.29) is 22.8 Å². The van der Waals surface area contributed by atoms with E-state index in [0.29, 0.717) is 30.4 Å². The number of sulfone groups is 1. The molecule has 3 aromatic carbocycles. The summed E-state index contributed by atoms with van der Waals surface area (Å²) in [5.41, 5.74) is 0.977. The number of hydrogen-bond acceptors (Lipinski definition) is 4. The first-order chi connectivity index (χ1) is 13.4. The van der Waals surface area contributed by atoms with Gasteiger partial charge < -0.3 is 10.2 Å². The molecule has 2 N–H and O–H groups in total. The molecular formula is C22H22O5S. The number of benzene rings is 3. The molecule has 5 nitrogen and oxygen atoms in total. The summed E-state index contributed by atoms with van der Waals surface area (Å²) >= 11 is 0. The van der Waals surface area contributed by atoms with Gasteiger partial charge >= 0.3 is 5.97 Å². The third-order valence-corrected chi connectivity index (χ3v) is 6.54. The van der Waals surface area contributed by atoms with E-state index in [1.54, 1.807) is 0 Å². The van der Waals surface area contributed by atoms with Crippen LogP contribution < -0.4 is 0 Å². The predicted octanol–water partition coefficient (Wildman–Crippen LogP) is 4.63. The molecule has 0 aromatic heterocycles. The molecule has 0 fully saturated rings. The molecule has 0 saturated carbocycles. The second-order valence-electron chi connectivity index (χ2n) is 6.70. The Bertz CT molecular complexity index is 1100. The van der Waals surface area contributed by atoms with E-state index in [9.17, 15) is 18.3 Å². The highest BCUT2D eigenvalue weighted by Crippen LogP contribution is 2.39. The quantitative estimate of drug-likeness (QED) is 0.540. The number of carboxylic acids is 1. The largest absolute Gasteiger partial charge is 0.507 e. The summed E-state index contributed by atoms with van der Waals surface area (Å²) in [6, 6.07) is 17.8. The van der Waals surface area contributed by atoms with E-state index in [2.05, 4.69) is 0 Å². The Morgan fingerprint density at radius 3 is 2.36 bits per heavy atom. The summed E-state index contributed by atoms with van der Waals surface area (Å²) in [5, 5.41) is 21.0. The minimum Gasteiger partial charge on any atom is -0.507 e. The minimum atomic E-state index is -3.64. The van der Waals surface area contributed by atoms with E-state index in [1.807, 2.05) is 42.5 Å². The Morgan fingerprint density at radius 1 is 0.857 bits per heavy atom. The number of phenols is 1. The third kappa shape index (κ3) is 4.34. The topological polar surface area (TPSA) is 91.7 Å². The van der Waals surface area contributed by atoms with E-state index in [0.717, 1.165) is 10.8 Å². The van der Waals surface area contributed by atoms with Crippen molar-refractivity contribution in [3.05, 3.63) is 60.7 Å². The smallest absolute Gasteiger partial charge is 0.303 e. The van der Waals surface area contributed by atoms with Crippen LogP contribution in [0.5, 0.6) is 5.75 Å². The van der Waals surface area contributed by atoms with Crippen molar-refractivity contribution in [2.75, 3.05) is 5.75 Å². The van der Waals surface area contributed by atoms with Crippen LogP contribution in [0, 0.1) is 0 Å². The highest BCUT2D eigenvalue weighted by Gasteiger charge is 2.23. The minimum absolute atomic E-state index is 0.0351. The van der Waals surface area contributed by atoms with Gasteiger partial charge in [-0.05, 0) is 41.3 Å². The molecular weight excluding hydrogens is 376 g/mol. The lowest BCUT2D eigenvalue weighted by Gasteiger charge is -2.14. The number of unbranched alkanes of at least 4 members (excludes halogenated alkanes) is 2. The first-order valence-electron chi connectivity index (χ1n) is 9.15. The molecule has 6 heteroatoms. The van der Waals surface area contributed by atoms with E-state index >= 15 is 0 Å². The summed E-state index contributed by atoms with van der Waals surface area (Å²) in [6.07, 6.45) is 1.38. The fraction of sp³-hybridized carbons (Fsp3) is 0.227. The molecule has 3 aromatic rings. The van der Waals surface area contributed by atoms with Crippen LogP contribution in [-0.4, -0.2) is 30.4 Å². The van der Waals surface area contributed by atoms with Crippen molar-refractivity contribution in [2.24, 2.45) is 0 Å². The van der Waals surface area contributed by atoms with Gasteiger partial charge in [-0.25, -0.2) is 8.42 Å². The Balaban J connectivity index is 1.97. The lowest BCUT2D eigenvalue weighted by Crippen LogP contribution is -2.09. The van der Waals surface area contributed by atoms with Gasteiger partial charge in [-0.2, -0.15) is 0 Å². The molecule has 0 atom stereocenters. The van der Waals surface area contributed by atoms with Crippen molar-refractivity contribution in [1.29, 1.82) is 0 Å². The van der Waals surface area contributed by atoms with Crippen LogP contribution in [-0.2, 0) is 14.6 Å². The van der Waals surface area contributed by atoms with Gasteiger partial charge in [-0.3, -0.25) is 4.79 Å². The van der Waals surface area contributed by atoms with Gasteiger partial charge in [0.1, 0.15) is 5.75 Å². The first kappa shape index (κ1) is 19.9. The van der Waals surface area contributed by atoms with Gasteiger partial charge in [0.15, 0.2) is 9.84 Å². The van der Waals surface area contributed by atoms with Crippen molar-refractivity contribution in [1.82, 2.24) is 0 Å². The number of carboxylic acid groups (broad SMARTS) is 1. The molecule has 146 valence electrons. The zero-order chi connectivity index (χ0) is 20.1. The number of aliphatic carboxylic acids is 1. The van der Waals surface area contributed by atoms with Crippen molar-refractivity contribution in [3.63, 3.8) is 0 Å². The van der Waals surface area contributed by atoms with Crippen LogP contribution in [0.1, 0.15) is 25.7 Å². The van der Waals surface area contributed by atoms with E-state index in [1.165, 1.54) is 18.2 Å². The summed E-state index contributed by atoms with van der Waals surface area (Å²) in [4.78, 5) is 10.7. The van der Waals surface area contributed by atoms with Gasteiger partial charge in [0, 0.05) is 12.0 Å². The molecule has 0 bridgehead atoms. The first-order valence-corrected chi connectivity index (χ1v) is 10.8. The average molecular weight is 398 g/mol. The summed E-state index contributed by atoms with van der Waals surface area (Å²) in [6.45, 7) is 0. The monoisotopic (exact) mass is 398 g/mol. The highest BCUT2D eigenvalue weighted by atomic mass is 32.2. The van der Waals surface area contributed by atoms with Gasteiger partial charge in [0.25, 0.3) is 0 Å². The highest BCUT2D eigenvalue weighted by molar-refractivity contribution is 7.91. The Labute approximate surface area is 164 Å². The maximum Gasteiger partial charge on any atom is 0.303 e. The van der Waals surface area contributed by atoms with Crippen LogP contribution in [0.25, 0.3) is 21.9 Å². The fourth-order valence-corrected chi connectivity index (χ4v) is 4.96. The van der Waals surface area contributed by atoms with Crippen LogP contribution in [0.15, 0.2) is 65.6 Å². The van der Waals surface area contributed by atoms with Crippen molar-refractivity contribution >= 4 is 26.6 Å². The van der Waals surface area contributed by atoms with Gasteiger partial charge in [0.2, 0.25) is 0 Å². The number of hydrogen-bond donors (Lipinski definition) is 2. The van der Waals surface area contributed by atoms with Crippen molar-refractivity contribution in [3.8, 4) is 16.9 Å². The van der Waals surface area contributed by atoms with Gasteiger partial charge in [-0.1, -0.05) is 55.0 Å². The summed E-state index contributed by atoms with van der Waals surface area (Å²) in [5.74, 6) is -1.05. The molecule has 0 aliphatic heterocycles. The summed E-state index contributed by atoms with van der Waals surface area (Å²) in [7, 11) is -3.64. The second-order valence-corrected chi connectivity index (χ2v) is 8.78. The Morgan fingerprint density at radius 2 is 1.57 bits per heavy atom. The number of aromatic hydroxyl groups is 1. The molecule has 28 heavy (non-hydrogen) atoms. The molecule has 0 radical (unpaired) electrons. The molecule has 0 aliphatic carbocycles. The van der Waals surface area contributed by atoms with Gasteiger partial charge in [0.05, 0.1) is 10.6 Å². The van der Waals surface area contributed by atoms with E-state index in [4.69, 9.17) is 5.11 Å².